The molecule has 2 fully saturated rings. The van der Waals surface area contributed by atoms with Gasteiger partial charge in [0.15, 0.2) is 0 Å². The van der Waals surface area contributed by atoms with Crippen LogP contribution in [0.4, 0.5) is 5.69 Å². The third kappa shape index (κ3) is 2.91. The zero-order chi connectivity index (χ0) is 14.7. The molecule has 1 amide bonds. The van der Waals surface area contributed by atoms with Crippen molar-refractivity contribution in [1.82, 2.24) is 10.6 Å². The lowest BCUT2D eigenvalue weighted by molar-refractivity contribution is -0.122. The molecule has 2 unspecified atom stereocenters. The number of carbonyl (C=O) groups excluding carboxylic acids is 1. The third-order valence-corrected chi connectivity index (χ3v) is 4.64. The summed E-state index contributed by atoms with van der Waals surface area (Å²) in [6.45, 7) is 5.98. The predicted octanol–water partition coefficient (Wildman–Crippen LogP) is 1.90. The summed E-state index contributed by atoms with van der Waals surface area (Å²) in [7, 11) is 0. The van der Waals surface area contributed by atoms with E-state index in [2.05, 4.69) is 46.7 Å². The van der Waals surface area contributed by atoms with E-state index >= 15 is 0 Å². The molecule has 2 atom stereocenters. The van der Waals surface area contributed by atoms with Gasteiger partial charge in [-0.15, -0.1) is 0 Å². The molecule has 0 aromatic heterocycles. The lowest BCUT2D eigenvalue weighted by Crippen LogP contribution is -2.46. The fourth-order valence-corrected chi connectivity index (χ4v) is 3.59. The topological polar surface area (TPSA) is 44.4 Å². The molecule has 2 heterocycles. The van der Waals surface area contributed by atoms with Crippen LogP contribution in [-0.4, -0.2) is 31.6 Å². The average molecular weight is 287 g/mol. The van der Waals surface area contributed by atoms with Crippen molar-refractivity contribution in [3.05, 3.63) is 29.8 Å². The Hall–Kier alpha value is -1.55. The first-order valence-corrected chi connectivity index (χ1v) is 8.14. The lowest BCUT2D eigenvalue weighted by atomic mass is 9.90. The van der Waals surface area contributed by atoms with Crippen LogP contribution in [0, 0.1) is 5.92 Å². The number of nitrogens with zero attached hydrogens (tertiary/aromatic N) is 1. The first kappa shape index (κ1) is 14.4. The number of fused-ring (bicyclic) bond motifs is 1. The number of para-hydroxylation sites is 1. The third-order valence-electron chi connectivity index (χ3n) is 4.64. The van der Waals surface area contributed by atoms with E-state index in [9.17, 15) is 4.79 Å². The van der Waals surface area contributed by atoms with E-state index in [0.29, 0.717) is 6.04 Å². The van der Waals surface area contributed by atoms with Gasteiger partial charge in [-0.25, -0.2) is 0 Å². The number of amides is 1. The molecule has 0 bridgehead atoms. The van der Waals surface area contributed by atoms with Crippen LogP contribution in [0.5, 0.6) is 0 Å². The van der Waals surface area contributed by atoms with E-state index in [-0.39, 0.29) is 11.8 Å². The van der Waals surface area contributed by atoms with Gasteiger partial charge < -0.3 is 15.5 Å². The highest BCUT2D eigenvalue weighted by Gasteiger charge is 2.41. The molecule has 3 rings (SSSR count). The number of rotatable bonds is 5. The van der Waals surface area contributed by atoms with Gasteiger partial charge in [0.25, 0.3) is 0 Å². The summed E-state index contributed by atoms with van der Waals surface area (Å²) in [5, 5.41) is 6.53. The number of benzene rings is 1. The van der Waals surface area contributed by atoms with E-state index in [1.54, 1.807) is 0 Å². The molecule has 2 aliphatic heterocycles. The highest BCUT2D eigenvalue weighted by atomic mass is 16.2. The summed E-state index contributed by atoms with van der Waals surface area (Å²) in [5.74, 6) is 0.418. The van der Waals surface area contributed by atoms with Crippen LogP contribution in [0.2, 0.25) is 0 Å². The van der Waals surface area contributed by atoms with Crippen LogP contribution in [0.1, 0.15) is 31.7 Å². The maximum Gasteiger partial charge on any atom is 0.225 e. The molecule has 2 N–H and O–H groups in total. The molecule has 114 valence electrons. The average Bonchev–Trinajstić information content (AvgIpc) is 2.90. The Balaban J connectivity index is 1.80. The standard InChI is InChI=1S/C17H25N3O/c1-2-9-18-11-13-6-3-4-8-15(13)20-10-5-7-14-16(20)12-19-17(14)21/h3-4,6,8,14,16,18H,2,5,7,9-12H2,1H3,(H,19,21). The number of hydrogen-bond donors (Lipinski definition) is 2. The SMILES string of the molecule is CCCNCc1ccccc1N1CCCC2C(=O)NCC21. The van der Waals surface area contributed by atoms with Crippen molar-refractivity contribution in [2.45, 2.75) is 38.8 Å². The largest absolute Gasteiger partial charge is 0.366 e. The summed E-state index contributed by atoms with van der Waals surface area (Å²) < 4.78 is 0. The van der Waals surface area contributed by atoms with Crippen LogP contribution < -0.4 is 15.5 Å². The van der Waals surface area contributed by atoms with E-state index in [0.717, 1.165) is 45.4 Å². The predicted molar refractivity (Wildman–Crippen MR) is 85.3 cm³/mol. The second-order valence-electron chi connectivity index (χ2n) is 6.06. The molecule has 0 saturated carbocycles. The summed E-state index contributed by atoms with van der Waals surface area (Å²) in [6, 6.07) is 8.94. The monoisotopic (exact) mass is 287 g/mol. The van der Waals surface area contributed by atoms with Gasteiger partial charge in [0, 0.05) is 25.3 Å². The van der Waals surface area contributed by atoms with Crippen LogP contribution in [0.15, 0.2) is 24.3 Å². The Morgan fingerprint density at radius 3 is 3.10 bits per heavy atom. The van der Waals surface area contributed by atoms with Crippen LogP contribution in [0.3, 0.4) is 0 Å². The van der Waals surface area contributed by atoms with Crippen molar-refractivity contribution < 1.29 is 4.79 Å². The minimum atomic E-state index is 0.176. The molecule has 2 aliphatic rings. The second kappa shape index (κ2) is 6.48. The molecule has 4 heteroatoms. The molecule has 2 saturated heterocycles. The smallest absolute Gasteiger partial charge is 0.225 e. The number of carbonyl (C=O) groups is 1. The highest BCUT2D eigenvalue weighted by Crippen LogP contribution is 2.33. The maximum atomic E-state index is 11.9. The molecule has 0 spiro atoms. The van der Waals surface area contributed by atoms with E-state index < -0.39 is 0 Å². The Labute approximate surface area is 126 Å². The van der Waals surface area contributed by atoms with Crippen molar-refractivity contribution in [2.24, 2.45) is 5.92 Å². The van der Waals surface area contributed by atoms with Gasteiger partial charge >= 0.3 is 0 Å². The number of nitrogens with one attached hydrogen (secondary N) is 2. The van der Waals surface area contributed by atoms with Crippen molar-refractivity contribution in [1.29, 1.82) is 0 Å². The van der Waals surface area contributed by atoms with Crippen LogP contribution in [0.25, 0.3) is 0 Å². The lowest BCUT2D eigenvalue weighted by Gasteiger charge is -2.38. The molecular weight excluding hydrogens is 262 g/mol. The van der Waals surface area contributed by atoms with Crippen molar-refractivity contribution in [3.8, 4) is 0 Å². The van der Waals surface area contributed by atoms with Gasteiger partial charge in [0.05, 0.1) is 12.0 Å². The Morgan fingerprint density at radius 2 is 2.24 bits per heavy atom. The van der Waals surface area contributed by atoms with E-state index in [1.807, 2.05) is 0 Å². The Morgan fingerprint density at radius 1 is 1.38 bits per heavy atom. The van der Waals surface area contributed by atoms with Gasteiger partial charge in [-0.1, -0.05) is 25.1 Å². The summed E-state index contributed by atoms with van der Waals surface area (Å²) in [6.07, 6.45) is 3.28. The number of anilines is 1. The normalized spacial score (nSPS) is 24.8. The molecule has 1 aromatic carbocycles. The fourth-order valence-electron chi connectivity index (χ4n) is 3.59. The summed E-state index contributed by atoms with van der Waals surface area (Å²) in [5.41, 5.74) is 2.64. The van der Waals surface area contributed by atoms with Gasteiger partial charge in [-0.2, -0.15) is 0 Å². The second-order valence-corrected chi connectivity index (χ2v) is 6.06. The van der Waals surface area contributed by atoms with Crippen molar-refractivity contribution in [2.75, 3.05) is 24.5 Å². The van der Waals surface area contributed by atoms with Crippen LogP contribution in [-0.2, 0) is 11.3 Å². The Bertz CT molecular complexity index is 503. The van der Waals surface area contributed by atoms with Crippen molar-refractivity contribution in [3.63, 3.8) is 0 Å². The van der Waals surface area contributed by atoms with E-state index in [1.165, 1.54) is 11.3 Å². The summed E-state index contributed by atoms with van der Waals surface area (Å²) in [4.78, 5) is 14.4. The van der Waals surface area contributed by atoms with Gasteiger partial charge in [0.1, 0.15) is 0 Å². The number of piperidine rings is 1. The first-order valence-electron chi connectivity index (χ1n) is 8.14. The zero-order valence-electron chi connectivity index (χ0n) is 12.8. The fraction of sp³-hybridized carbons (Fsp3) is 0.588. The molecular formula is C17H25N3O. The molecule has 1 aromatic rings. The quantitative estimate of drug-likeness (QED) is 0.813. The molecule has 4 nitrogen and oxygen atoms in total. The van der Waals surface area contributed by atoms with Gasteiger partial charge in [0.2, 0.25) is 5.91 Å². The van der Waals surface area contributed by atoms with Crippen molar-refractivity contribution >= 4 is 11.6 Å². The first-order chi connectivity index (χ1) is 10.3. The zero-order valence-corrected chi connectivity index (χ0v) is 12.8. The maximum absolute atomic E-state index is 11.9. The molecule has 21 heavy (non-hydrogen) atoms. The minimum absolute atomic E-state index is 0.176. The minimum Gasteiger partial charge on any atom is -0.366 e. The molecule has 0 radical (unpaired) electrons. The highest BCUT2D eigenvalue weighted by molar-refractivity contribution is 5.83. The van der Waals surface area contributed by atoms with Gasteiger partial charge in [-0.3, -0.25) is 4.79 Å². The summed E-state index contributed by atoms with van der Waals surface area (Å²) >= 11 is 0. The number of hydrogen-bond acceptors (Lipinski definition) is 3. The Kier molecular flexibility index (Phi) is 4.44. The van der Waals surface area contributed by atoms with E-state index in [4.69, 9.17) is 0 Å². The van der Waals surface area contributed by atoms with Gasteiger partial charge in [-0.05, 0) is 37.4 Å². The molecule has 0 aliphatic carbocycles. The van der Waals surface area contributed by atoms with Crippen LogP contribution >= 0.6 is 0 Å².